The normalized spacial score (nSPS) is 26.0. The molecule has 0 aromatic heterocycles. The number of halogens is 1. The molecule has 2 fully saturated rings. The summed E-state index contributed by atoms with van der Waals surface area (Å²) in [7, 11) is 0. The van der Waals surface area contributed by atoms with Gasteiger partial charge in [0.15, 0.2) is 0 Å². The smallest absolute Gasteiger partial charge is 0.274 e. The number of rotatable bonds is 3. The Morgan fingerprint density at radius 3 is 2.96 bits per heavy atom. The average molecular weight is 340 g/mol. The molecule has 0 bridgehead atoms. The summed E-state index contributed by atoms with van der Waals surface area (Å²) >= 11 is 0. The van der Waals surface area contributed by atoms with Crippen LogP contribution in [0.1, 0.15) is 31.2 Å². The van der Waals surface area contributed by atoms with Gasteiger partial charge in [0.2, 0.25) is 5.91 Å². The van der Waals surface area contributed by atoms with Gasteiger partial charge in [0.25, 0.3) is 5.69 Å². The first kappa shape index (κ1) is 17.7. The van der Waals surface area contributed by atoms with Crippen LogP contribution in [-0.2, 0) is 4.79 Å². The highest BCUT2D eigenvalue weighted by Gasteiger charge is 2.49. The minimum Gasteiger partial charge on any atom is -0.325 e. The zero-order chi connectivity index (χ0) is 15.7. The lowest BCUT2D eigenvalue weighted by Crippen LogP contribution is -2.44. The molecule has 1 saturated heterocycles. The number of nitro benzene ring substituents is 1. The van der Waals surface area contributed by atoms with Gasteiger partial charge in [0.05, 0.1) is 10.3 Å². The van der Waals surface area contributed by atoms with Gasteiger partial charge in [-0.25, -0.2) is 0 Å². The fraction of sp³-hybridized carbons (Fsp3) is 0.562. The standard InChI is InChI=1S/C16H21N3O3.ClH/c1-11-5-6-13(8-14(11)19(21)22)18-15(20)16-7-3-2-4-12(16)9-17-10-16;/h5-6,8,12,17H,2-4,7,9-10H2,1H3,(H,18,20);1H/t12-,16+;/m0./s1. The molecule has 1 aliphatic carbocycles. The topological polar surface area (TPSA) is 84.3 Å². The van der Waals surface area contributed by atoms with Crippen LogP contribution < -0.4 is 10.6 Å². The summed E-state index contributed by atoms with van der Waals surface area (Å²) in [6, 6.07) is 4.86. The van der Waals surface area contributed by atoms with Crippen LogP contribution in [0.5, 0.6) is 0 Å². The van der Waals surface area contributed by atoms with E-state index in [2.05, 4.69) is 10.6 Å². The van der Waals surface area contributed by atoms with Crippen LogP contribution >= 0.6 is 12.4 Å². The van der Waals surface area contributed by atoms with E-state index in [1.54, 1.807) is 19.1 Å². The van der Waals surface area contributed by atoms with Crippen molar-refractivity contribution in [3.63, 3.8) is 0 Å². The molecule has 1 aromatic rings. The van der Waals surface area contributed by atoms with Gasteiger partial charge in [-0.05, 0) is 38.3 Å². The lowest BCUT2D eigenvalue weighted by Gasteiger charge is -2.37. The van der Waals surface area contributed by atoms with Crippen molar-refractivity contribution < 1.29 is 9.72 Å². The number of fused-ring (bicyclic) bond motifs is 1. The molecule has 2 atom stereocenters. The summed E-state index contributed by atoms with van der Waals surface area (Å²) in [5, 5.41) is 17.3. The van der Waals surface area contributed by atoms with Crippen molar-refractivity contribution in [3.8, 4) is 0 Å². The largest absolute Gasteiger partial charge is 0.325 e. The Kier molecular flexibility index (Phi) is 5.26. The molecule has 2 N–H and O–H groups in total. The van der Waals surface area contributed by atoms with Crippen molar-refractivity contribution >= 4 is 29.7 Å². The quantitative estimate of drug-likeness (QED) is 0.654. The summed E-state index contributed by atoms with van der Waals surface area (Å²) in [5.74, 6) is 0.377. The van der Waals surface area contributed by atoms with Crippen molar-refractivity contribution in [2.45, 2.75) is 32.6 Å². The lowest BCUT2D eigenvalue weighted by molar-refractivity contribution is -0.385. The molecule has 1 heterocycles. The predicted molar refractivity (Wildman–Crippen MR) is 91.0 cm³/mol. The van der Waals surface area contributed by atoms with Crippen LogP contribution in [0.4, 0.5) is 11.4 Å². The number of carbonyl (C=O) groups is 1. The average Bonchev–Trinajstić information content (AvgIpc) is 2.94. The Bertz CT molecular complexity index is 623. The van der Waals surface area contributed by atoms with Crippen LogP contribution in [0.3, 0.4) is 0 Å². The Labute approximate surface area is 141 Å². The third kappa shape index (κ3) is 3.19. The second kappa shape index (κ2) is 6.84. The Morgan fingerprint density at radius 2 is 2.22 bits per heavy atom. The van der Waals surface area contributed by atoms with Gasteiger partial charge >= 0.3 is 0 Å². The van der Waals surface area contributed by atoms with Gasteiger partial charge in [0, 0.05) is 23.9 Å². The SMILES string of the molecule is Cc1ccc(NC(=O)[C@@]23CCCC[C@H]2CNC3)cc1[N+](=O)[O-].Cl. The molecule has 3 rings (SSSR count). The number of anilines is 1. The molecule has 2 aliphatic rings. The number of nitrogens with one attached hydrogen (secondary N) is 2. The molecule has 0 radical (unpaired) electrons. The molecule has 0 spiro atoms. The van der Waals surface area contributed by atoms with Gasteiger partial charge in [0.1, 0.15) is 0 Å². The first-order valence-electron chi connectivity index (χ1n) is 7.80. The highest BCUT2D eigenvalue weighted by atomic mass is 35.5. The van der Waals surface area contributed by atoms with E-state index < -0.39 is 4.92 Å². The van der Waals surface area contributed by atoms with E-state index in [1.165, 1.54) is 12.5 Å². The number of nitrogens with zero attached hydrogens (tertiary/aromatic N) is 1. The van der Waals surface area contributed by atoms with E-state index >= 15 is 0 Å². The van der Waals surface area contributed by atoms with Crippen molar-refractivity contribution in [1.82, 2.24) is 5.32 Å². The van der Waals surface area contributed by atoms with E-state index in [9.17, 15) is 14.9 Å². The zero-order valence-electron chi connectivity index (χ0n) is 13.1. The van der Waals surface area contributed by atoms with Crippen molar-refractivity contribution in [1.29, 1.82) is 0 Å². The summed E-state index contributed by atoms with van der Waals surface area (Å²) in [6.45, 7) is 3.29. The van der Waals surface area contributed by atoms with Crippen molar-refractivity contribution in [2.24, 2.45) is 11.3 Å². The third-order valence-electron chi connectivity index (χ3n) is 5.15. The summed E-state index contributed by atoms with van der Waals surface area (Å²) in [6.07, 6.45) is 4.22. The second-order valence-electron chi connectivity index (χ2n) is 6.44. The maximum atomic E-state index is 12.8. The van der Waals surface area contributed by atoms with Crippen molar-refractivity contribution in [2.75, 3.05) is 18.4 Å². The zero-order valence-corrected chi connectivity index (χ0v) is 13.9. The monoisotopic (exact) mass is 339 g/mol. The van der Waals surface area contributed by atoms with E-state index in [4.69, 9.17) is 0 Å². The molecular formula is C16H22ClN3O3. The molecule has 126 valence electrons. The van der Waals surface area contributed by atoms with E-state index in [1.807, 2.05) is 0 Å². The van der Waals surface area contributed by atoms with Crippen LogP contribution in [0.25, 0.3) is 0 Å². The Balaban J connectivity index is 0.00000192. The number of aryl methyl sites for hydroxylation is 1. The molecule has 0 unspecified atom stereocenters. The third-order valence-corrected chi connectivity index (χ3v) is 5.15. The molecule has 1 saturated carbocycles. The molecular weight excluding hydrogens is 318 g/mol. The lowest BCUT2D eigenvalue weighted by atomic mass is 9.67. The van der Waals surface area contributed by atoms with Gasteiger partial charge in [-0.15, -0.1) is 12.4 Å². The minimum atomic E-state index is -0.413. The number of benzene rings is 1. The predicted octanol–water partition coefficient (Wildman–Crippen LogP) is 3.04. The van der Waals surface area contributed by atoms with Gasteiger partial charge in [-0.1, -0.05) is 18.9 Å². The number of hydrogen-bond donors (Lipinski definition) is 2. The second-order valence-corrected chi connectivity index (χ2v) is 6.44. The van der Waals surface area contributed by atoms with Crippen LogP contribution in [0.2, 0.25) is 0 Å². The number of carbonyl (C=O) groups excluding carboxylic acids is 1. The van der Waals surface area contributed by atoms with Crippen LogP contribution in [-0.4, -0.2) is 23.9 Å². The highest BCUT2D eigenvalue weighted by molar-refractivity contribution is 5.96. The van der Waals surface area contributed by atoms with E-state index in [0.717, 1.165) is 25.8 Å². The van der Waals surface area contributed by atoms with Gasteiger partial charge in [-0.2, -0.15) is 0 Å². The van der Waals surface area contributed by atoms with Gasteiger partial charge < -0.3 is 10.6 Å². The number of nitro groups is 1. The first-order chi connectivity index (χ1) is 10.5. The maximum Gasteiger partial charge on any atom is 0.274 e. The summed E-state index contributed by atoms with van der Waals surface area (Å²) in [4.78, 5) is 23.4. The fourth-order valence-electron chi connectivity index (χ4n) is 3.83. The molecule has 1 aromatic carbocycles. The first-order valence-corrected chi connectivity index (χ1v) is 7.80. The highest BCUT2D eigenvalue weighted by Crippen LogP contribution is 2.44. The molecule has 7 heteroatoms. The molecule has 1 amide bonds. The molecule has 23 heavy (non-hydrogen) atoms. The summed E-state index contributed by atoms with van der Waals surface area (Å²) in [5.41, 5.74) is 0.796. The van der Waals surface area contributed by atoms with Gasteiger partial charge in [-0.3, -0.25) is 14.9 Å². The maximum absolute atomic E-state index is 12.8. The molecule has 6 nitrogen and oxygen atoms in total. The Hall–Kier alpha value is -1.66. The summed E-state index contributed by atoms with van der Waals surface area (Å²) < 4.78 is 0. The fourth-order valence-corrected chi connectivity index (χ4v) is 3.83. The van der Waals surface area contributed by atoms with E-state index in [0.29, 0.717) is 23.7 Å². The van der Waals surface area contributed by atoms with E-state index in [-0.39, 0.29) is 29.4 Å². The number of amides is 1. The molecule has 1 aliphatic heterocycles. The Morgan fingerprint density at radius 1 is 1.43 bits per heavy atom. The minimum absolute atomic E-state index is 0. The van der Waals surface area contributed by atoms with Crippen LogP contribution in [0.15, 0.2) is 18.2 Å². The van der Waals surface area contributed by atoms with Crippen LogP contribution in [0, 0.1) is 28.4 Å². The number of hydrogen-bond acceptors (Lipinski definition) is 4. The van der Waals surface area contributed by atoms with Crippen molar-refractivity contribution in [3.05, 3.63) is 33.9 Å².